The Hall–Kier alpha value is -3.00. The zero-order valence-electron chi connectivity index (χ0n) is 13.1. The predicted octanol–water partition coefficient (Wildman–Crippen LogP) is 3.87. The van der Waals surface area contributed by atoms with Gasteiger partial charge >= 0.3 is 0 Å². The lowest BCUT2D eigenvalue weighted by Gasteiger charge is -2.10. The van der Waals surface area contributed by atoms with Gasteiger partial charge in [-0.3, -0.25) is 10.1 Å². The lowest BCUT2D eigenvalue weighted by molar-refractivity contribution is 1.02. The molecule has 0 atom stereocenters. The molecule has 0 saturated heterocycles. The third-order valence-electron chi connectivity index (χ3n) is 3.64. The van der Waals surface area contributed by atoms with Gasteiger partial charge in [-0.2, -0.15) is 10.1 Å². The molecular weight excluding hydrogens is 382 g/mol. The largest absolute Gasteiger partial charge is 0.363 e. The van der Waals surface area contributed by atoms with Gasteiger partial charge in [0, 0.05) is 17.8 Å². The van der Waals surface area contributed by atoms with Crippen molar-refractivity contribution in [2.75, 3.05) is 10.6 Å². The van der Waals surface area contributed by atoms with E-state index in [4.69, 9.17) is 0 Å². The van der Waals surface area contributed by atoms with Crippen LogP contribution in [-0.4, -0.2) is 25.1 Å². The molecule has 0 bridgehead atoms. The number of hydrogen-bond donors (Lipinski definition) is 3. The van der Waals surface area contributed by atoms with Gasteiger partial charge in [-0.05, 0) is 40.2 Å². The third-order valence-corrected chi connectivity index (χ3v) is 4.22. The molecule has 0 saturated carbocycles. The third kappa shape index (κ3) is 3.43. The molecule has 3 aromatic heterocycles. The second-order valence-electron chi connectivity index (χ2n) is 5.33. The van der Waals surface area contributed by atoms with Crippen molar-refractivity contribution in [3.8, 4) is 0 Å². The zero-order valence-corrected chi connectivity index (χ0v) is 14.7. The van der Waals surface area contributed by atoms with Gasteiger partial charge in [0.1, 0.15) is 5.82 Å². The number of hydrogen-bond acceptors (Lipinski definition) is 6. The molecule has 124 valence electrons. The Bertz CT molecular complexity index is 1000. The molecule has 0 unspecified atom stereocenters. The number of rotatable bonds is 5. The summed E-state index contributed by atoms with van der Waals surface area (Å²) in [4.78, 5) is 13.2. The fourth-order valence-electron chi connectivity index (χ4n) is 2.43. The van der Waals surface area contributed by atoms with Crippen LogP contribution in [0.25, 0.3) is 10.9 Å². The van der Waals surface area contributed by atoms with E-state index in [0.29, 0.717) is 18.3 Å². The topological polar surface area (TPSA) is 91.4 Å². The van der Waals surface area contributed by atoms with E-state index in [0.717, 1.165) is 26.8 Å². The molecule has 7 nitrogen and oxygen atoms in total. The van der Waals surface area contributed by atoms with Crippen LogP contribution in [-0.2, 0) is 6.54 Å². The molecule has 0 aliphatic rings. The normalized spacial score (nSPS) is 10.8. The van der Waals surface area contributed by atoms with Crippen LogP contribution < -0.4 is 10.6 Å². The summed E-state index contributed by atoms with van der Waals surface area (Å²) in [5.74, 6) is 1.20. The molecule has 3 heterocycles. The van der Waals surface area contributed by atoms with Crippen LogP contribution in [0.5, 0.6) is 0 Å². The summed E-state index contributed by atoms with van der Waals surface area (Å²) in [6.45, 7) is 0.577. The Kier molecular flexibility index (Phi) is 4.26. The highest BCUT2D eigenvalue weighted by molar-refractivity contribution is 9.10. The van der Waals surface area contributed by atoms with Crippen molar-refractivity contribution < 1.29 is 0 Å². The molecule has 0 aliphatic heterocycles. The molecule has 4 aromatic rings. The lowest BCUT2D eigenvalue weighted by Crippen LogP contribution is -2.06. The summed E-state index contributed by atoms with van der Waals surface area (Å²) in [6.07, 6.45) is 5.26. The summed E-state index contributed by atoms with van der Waals surface area (Å²) in [6, 6.07) is 11.7. The monoisotopic (exact) mass is 395 g/mol. The molecule has 25 heavy (non-hydrogen) atoms. The average Bonchev–Trinajstić information content (AvgIpc) is 3.13. The summed E-state index contributed by atoms with van der Waals surface area (Å²) >= 11 is 3.47. The Labute approximate surface area is 152 Å². The van der Waals surface area contributed by atoms with E-state index < -0.39 is 0 Å². The smallest absolute Gasteiger partial charge is 0.229 e. The maximum absolute atomic E-state index is 4.54. The maximum atomic E-state index is 4.54. The van der Waals surface area contributed by atoms with Gasteiger partial charge in [-0.1, -0.05) is 12.1 Å². The number of nitrogens with one attached hydrogen (secondary N) is 3. The van der Waals surface area contributed by atoms with E-state index in [9.17, 15) is 0 Å². The van der Waals surface area contributed by atoms with Crippen molar-refractivity contribution in [1.82, 2.24) is 25.1 Å². The number of benzene rings is 1. The molecule has 0 aliphatic carbocycles. The molecule has 0 fully saturated rings. The van der Waals surface area contributed by atoms with Gasteiger partial charge in [0.25, 0.3) is 0 Å². The fourth-order valence-corrected chi connectivity index (χ4v) is 2.76. The Balaban J connectivity index is 1.56. The quantitative estimate of drug-likeness (QED) is 0.475. The Morgan fingerprint density at radius 3 is 2.88 bits per heavy atom. The van der Waals surface area contributed by atoms with Gasteiger partial charge in [-0.15, -0.1) is 0 Å². The summed E-state index contributed by atoms with van der Waals surface area (Å²) in [5, 5.41) is 14.5. The van der Waals surface area contributed by atoms with Crippen LogP contribution in [0, 0.1) is 0 Å². The number of nitrogens with zero attached hydrogens (tertiary/aromatic N) is 4. The van der Waals surface area contributed by atoms with E-state index in [1.54, 1.807) is 18.6 Å². The van der Waals surface area contributed by atoms with Gasteiger partial charge in [0.2, 0.25) is 5.95 Å². The van der Waals surface area contributed by atoms with E-state index >= 15 is 0 Å². The van der Waals surface area contributed by atoms with E-state index in [1.165, 1.54) is 0 Å². The van der Waals surface area contributed by atoms with Crippen LogP contribution in [0.2, 0.25) is 0 Å². The van der Waals surface area contributed by atoms with Crippen LogP contribution in [0.15, 0.2) is 59.5 Å². The summed E-state index contributed by atoms with van der Waals surface area (Å²) in [7, 11) is 0. The summed E-state index contributed by atoms with van der Waals surface area (Å²) < 4.78 is 0.788. The van der Waals surface area contributed by atoms with Crippen LogP contribution in [0.4, 0.5) is 17.5 Å². The van der Waals surface area contributed by atoms with E-state index in [2.05, 4.69) is 51.7 Å². The van der Waals surface area contributed by atoms with Crippen molar-refractivity contribution in [1.29, 1.82) is 0 Å². The lowest BCUT2D eigenvalue weighted by atomic mass is 10.2. The molecule has 3 N–H and O–H groups in total. The Morgan fingerprint density at radius 1 is 1.04 bits per heavy atom. The highest BCUT2D eigenvalue weighted by Gasteiger charge is 2.08. The van der Waals surface area contributed by atoms with Crippen molar-refractivity contribution in [3.05, 3.63) is 65.2 Å². The second-order valence-corrected chi connectivity index (χ2v) is 6.18. The molecule has 8 heteroatoms. The molecule has 0 spiro atoms. The van der Waals surface area contributed by atoms with Crippen molar-refractivity contribution >= 4 is 44.3 Å². The Morgan fingerprint density at radius 2 is 2.00 bits per heavy atom. The number of aromatic nitrogens is 5. The number of halogens is 1. The highest BCUT2D eigenvalue weighted by atomic mass is 79.9. The van der Waals surface area contributed by atoms with Gasteiger partial charge in [-0.25, -0.2) is 4.98 Å². The average molecular weight is 396 g/mol. The predicted molar refractivity (Wildman–Crippen MR) is 101 cm³/mol. The van der Waals surface area contributed by atoms with E-state index in [-0.39, 0.29) is 0 Å². The van der Waals surface area contributed by atoms with Crippen molar-refractivity contribution in [2.45, 2.75) is 6.54 Å². The molecular formula is C17H14BrN7. The van der Waals surface area contributed by atoms with Crippen LogP contribution in [0.1, 0.15) is 5.69 Å². The first kappa shape index (κ1) is 15.5. The van der Waals surface area contributed by atoms with Gasteiger partial charge in [0.15, 0.2) is 0 Å². The first-order valence-electron chi connectivity index (χ1n) is 7.65. The minimum Gasteiger partial charge on any atom is -0.363 e. The van der Waals surface area contributed by atoms with Crippen LogP contribution in [0.3, 0.4) is 0 Å². The first-order valence-corrected chi connectivity index (χ1v) is 8.44. The molecule has 0 radical (unpaired) electrons. The second kappa shape index (κ2) is 6.86. The number of aromatic amines is 1. The minimum atomic E-state index is 0.500. The SMILES string of the molecule is Brc1cnc(Nc2cccc3[nH]ncc23)nc1NCc1ccccn1. The van der Waals surface area contributed by atoms with E-state index in [1.807, 2.05) is 36.4 Å². The van der Waals surface area contributed by atoms with Gasteiger partial charge < -0.3 is 10.6 Å². The molecule has 0 amide bonds. The summed E-state index contributed by atoms with van der Waals surface area (Å²) in [5.41, 5.74) is 2.78. The zero-order chi connectivity index (χ0) is 17.1. The number of pyridine rings is 1. The number of H-pyrrole nitrogens is 1. The standard InChI is InChI=1S/C17H14BrN7/c18-13-10-21-17(23-14-5-3-6-15-12(14)9-22-25-15)24-16(13)20-8-11-4-1-2-7-19-11/h1-7,9-10H,8H2,(H,22,25)(H2,20,21,23,24). The number of anilines is 3. The van der Waals surface area contributed by atoms with Crippen molar-refractivity contribution in [2.24, 2.45) is 0 Å². The minimum absolute atomic E-state index is 0.500. The van der Waals surface area contributed by atoms with Crippen molar-refractivity contribution in [3.63, 3.8) is 0 Å². The molecule has 4 rings (SSSR count). The van der Waals surface area contributed by atoms with Gasteiger partial charge in [0.05, 0.1) is 34.1 Å². The maximum Gasteiger partial charge on any atom is 0.229 e. The van der Waals surface area contributed by atoms with Crippen LogP contribution >= 0.6 is 15.9 Å². The highest BCUT2D eigenvalue weighted by Crippen LogP contribution is 2.26. The number of fused-ring (bicyclic) bond motifs is 1. The fraction of sp³-hybridized carbons (Fsp3) is 0.0588. The molecule has 1 aromatic carbocycles. The first-order chi connectivity index (χ1) is 12.3.